The standard InChI is InChI=1S/C25H37N3O5S2/c1-17(26-25(31)21-15-34-16-28(21)23(29)14-32-2)24(30)27-35-22(19-7-5-4-6-8-19)13-18-9-11-20(33-3)12-10-18/h9-12,17,19,21-22H,4-8,13-16H2,1-3H3,(H,26,31)(H,27,30)/t17-,21+,22?/m1/s1. The number of benzene rings is 1. The number of carbonyl (C=O) groups excluding carboxylic acids is 3. The van der Waals surface area contributed by atoms with Gasteiger partial charge in [-0.05, 0) is 61.7 Å². The third-order valence-electron chi connectivity index (χ3n) is 6.61. The summed E-state index contributed by atoms with van der Waals surface area (Å²) in [6.07, 6.45) is 6.91. The molecule has 10 heteroatoms. The van der Waals surface area contributed by atoms with E-state index in [0.717, 1.165) is 12.2 Å². The first-order chi connectivity index (χ1) is 16.9. The zero-order valence-electron chi connectivity index (χ0n) is 20.8. The Hall–Kier alpha value is -1.91. The van der Waals surface area contributed by atoms with Crippen LogP contribution in [-0.2, 0) is 25.5 Å². The summed E-state index contributed by atoms with van der Waals surface area (Å²) >= 11 is 2.99. The van der Waals surface area contributed by atoms with E-state index in [1.807, 2.05) is 12.1 Å². The molecule has 1 saturated carbocycles. The molecule has 2 N–H and O–H groups in total. The summed E-state index contributed by atoms with van der Waals surface area (Å²) in [6.45, 7) is 1.62. The van der Waals surface area contributed by atoms with Crippen LogP contribution in [0.15, 0.2) is 24.3 Å². The van der Waals surface area contributed by atoms with E-state index in [-0.39, 0.29) is 29.6 Å². The summed E-state index contributed by atoms with van der Waals surface area (Å²) in [6, 6.07) is 6.81. The van der Waals surface area contributed by atoms with E-state index in [4.69, 9.17) is 9.47 Å². The van der Waals surface area contributed by atoms with Gasteiger partial charge >= 0.3 is 0 Å². The highest BCUT2D eigenvalue weighted by Crippen LogP contribution is 2.34. The van der Waals surface area contributed by atoms with Gasteiger partial charge in [-0.15, -0.1) is 11.8 Å². The van der Waals surface area contributed by atoms with E-state index >= 15 is 0 Å². The Bertz CT molecular complexity index is 848. The van der Waals surface area contributed by atoms with Crippen molar-refractivity contribution in [1.82, 2.24) is 14.9 Å². The van der Waals surface area contributed by atoms with Gasteiger partial charge in [-0.2, -0.15) is 0 Å². The molecule has 1 saturated heterocycles. The molecule has 1 aliphatic carbocycles. The van der Waals surface area contributed by atoms with Crippen LogP contribution in [-0.4, -0.2) is 72.4 Å². The van der Waals surface area contributed by atoms with Crippen molar-refractivity contribution < 1.29 is 23.9 Å². The number of methoxy groups -OCH3 is 2. The molecule has 1 aromatic rings. The van der Waals surface area contributed by atoms with Crippen LogP contribution >= 0.6 is 23.7 Å². The molecule has 1 aromatic carbocycles. The van der Waals surface area contributed by atoms with Crippen molar-refractivity contribution in [3.05, 3.63) is 29.8 Å². The van der Waals surface area contributed by atoms with E-state index in [1.54, 1.807) is 14.0 Å². The number of amides is 3. The van der Waals surface area contributed by atoms with E-state index in [1.165, 1.54) is 73.4 Å². The van der Waals surface area contributed by atoms with Crippen LogP contribution in [0.1, 0.15) is 44.6 Å². The number of rotatable bonds is 11. The Morgan fingerprint density at radius 2 is 1.86 bits per heavy atom. The van der Waals surface area contributed by atoms with Crippen molar-refractivity contribution in [3.8, 4) is 5.75 Å². The highest BCUT2D eigenvalue weighted by Gasteiger charge is 2.35. The van der Waals surface area contributed by atoms with Gasteiger partial charge in [0.2, 0.25) is 11.8 Å². The summed E-state index contributed by atoms with van der Waals surface area (Å²) in [5, 5.41) is 3.04. The van der Waals surface area contributed by atoms with Crippen LogP contribution in [0.5, 0.6) is 5.75 Å². The number of hydrogen-bond acceptors (Lipinski definition) is 7. The second kappa shape index (κ2) is 14.0. The molecule has 3 amide bonds. The highest BCUT2D eigenvalue weighted by atomic mass is 32.2. The topological polar surface area (TPSA) is 97.0 Å². The molecular formula is C25H37N3O5S2. The number of hydrogen-bond donors (Lipinski definition) is 2. The maximum atomic E-state index is 12.9. The number of nitrogens with zero attached hydrogens (tertiary/aromatic N) is 1. The minimum absolute atomic E-state index is 0.0617. The Balaban J connectivity index is 1.55. The van der Waals surface area contributed by atoms with Gasteiger partial charge < -0.3 is 19.7 Å². The molecule has 0 radical (unpaired) electrons. The lowest BCUT2D eigenvalue weighted by Gasteiger charge is -2.30. The molecular weight excluding hydrogens is 486 g/mol. The van der Waals surface area contributed by atoms with Crippen LogP contribution in [0.2, 0.25) is 0 Å². The third-order valence-corrected chi connectivity index (χ3v) is 8.79. The van der Waals surface area contributed by atoms with Crippen LogP contribution in [0.4, 0.5) is 0 Å². The highest BCUT2D eigenvalue weighted by molar-refractivity contribution is 7.99. The van der Waals surface area contributed by atoms with Crippen molar-refractivity contribution in [2.24, 2.45) is 5.92 Å². The molecule has 194 valence electrons. The number of ether oxygens (including phenoxy) is 2. The van der Waals surface area contributed by atoms with Gasteiger partial charge in [-0.25, -0.2) is 0 Å². The van der Waals surface area contributed by atoms with E-state index in [0.29, 0.717) is 17.5 Å². The average Bonchev–Trinajstić information content (AvgIpc) is 3.38. The average molecular weight is 524 g/mol. The molecule has 2 aliphatic rings. The first-order valence-electron chi connectivity index (χ1n) is 12.2. The van der Waals surface area contributed by atoms with Crippen LogP contribution in [0, 0.1) is 5.92 Å². The van der Waals surface area contributed by atoms with E-state index < -0.39 is 12.1 Å². The van der Waals surface area contributed by atoms with E-state index in [9.17, 15) is 14.4 Å². The van der Waals surface area contributed by atoms with Gasteiger partial charge in [0.25, 0.3) is 5.91 Å². The maximum Gasteiger partial charge on any atom is 0.252 e. The zero-order chi connectivity index (χ0) is 25.2. The second-order valence-electron chi connectivity index (χ2n) is 9.12. The Morgan fingerprint density at radius 1 is 1.14 bits per heavy atom. The zero-order valence-corrected chi connectivity index (χ0v) is 22.4. The summed E-state index contributed by atoms with van der Waals surface area (Å²) in [4.78, 5) is 39.4. The van der Waals surface area contributed by atoms with Crippen molar-refractivity contribution in [2.45, 2.75) is 62.8 Å². The quantitative estimate of drug-likeness (QED) is 0.431. The number of nitrogens with one attached hydrogen (secondary N) is 2. The molecule has 1 unspecified atom stereocenters. The Morgan fingerprint density at radius 3 is 2.51 bits per heavy atom. The Labute approximate surface area is 216 Å². The summed E-state index contributed by atoms with van der Waals surface area (Å²) in [5.41, 5.74) is 1.21. The molecule has 35 heavy (non-hydrogen) atoms. The molecule has 3 atom stereocenters. The molecule has 0 spiro atoms. The fourth-order valence-electron chi connectivity index (χ4n) is 4.51. The minimum atomic E-state index is -0.701. The van der Waals surface area contributed by atoms with Gasteiger partial charge in [0.1, 0.15) is 24.4 Å². The molecule has 0 bridgehead atoms. The first kappa shape index (κ1) is 27.7. The molecule has 0 aromatic heterocycles. The summed E-state index contributed by atoms with van der Waals surface area (Å²) in [7, 11) is 3.11. The smallest absolute Gasteiger partial charge is 0.252 e. The fraction of sp³-hybridized carbons (Fsp3) is 0.640. The molecule has 2 fully saturated rings. The molecule has 8 nitrogen and oxygen atoms in total. The predicted molar refractivity (Wildman–Crippen MR) is 140 cm³/mol. The van der Waals surface area contributed by atoms with Crippen molar-refractivity contribution in [1.29, 1.82) is 0 Å². The normalized spacial score (nSPS) is 20.2. The number of carbonyl (C=O) groups is 3. The lowest BCUT2D eigenvalue weighted by molar-refractivity contribution is -0.141. The lowest BCUT2D eigenvalue weighted by Crippen LogP contribution is -2.53. The van der Waals surface area contributed by atoms with Gasteiger partial charge in [-0.3, -0.25) is 19.1 Å². The number of thioether (sulfide) groups is 1. The molecule has 1 heterocycles. The van der Waals surface area contributed by atoms with Gasteiger partial charge in [0.15, 0.2) is 0 Å². The lowest BCUT2D eigenvalue weighted by atomic mass is 9.85. The van der Waals surface area contributed by atoms with Gasteiger partial charge in [-0.1, -0.05) is 31.4 Å². The van der Waals surface area contributed by atoms with Crippen molar-refractivity contribution in [3.63, 3.8) is 0 Å². The van der Waals surface area contributed by atoms with Gasteiger partial charge in [0.05, 0.1) is 13.0 Å². The van der Waals surface area contributed by atoms with Crippen LogP contribution in [0.3, 0.4) is 0 Å². The summed E-state index contributed by atoms with van der Waals surface area (Å²) < 4.78 is 13.2. The van der Waals surface area contributed by atoms with Gasteiger partial charge in [0, 0.05) is 18.1 Å². The third kappa shape index (κ3) is 8.05. The fourth-order valence-corrected chi connectivity index (χ4v) is 6.88. The monoisotopic (exact) mass is 523 g/mol. The van der Waals surface area contributed by atoms with Crippen molar-refractivity contribution in [2.75, 3.05) is 32.5 Å². The van der Waals surface area contributed by atoms with Crippen LogP contribution in [0.25, 0.3) is 0 Å². The summed E-state index contributed by atoms with van der Waals surface area (Å²) in [5.74, 6) is 1.56. The SMILES string of the molecule is COCC(=O)N1CSC[C@H]1C(=O)N[C@H](C)C(=O)NSC(Cc1ccc(OC)cc1)C1CCCCC1. The largest absolute Gasteiger partial charge is 0.497 e. The molecule has 3 rings (SSSR count). The molecule has 1 aliphatic heterocycles. The maximum absolute atomic E-state index is 12.9. The minimum Gasteiger partial charge on any atom is -0.497 e. The Kier molecular flexibility index (Phi) is 11.1. The first-order valence-corrected chi connectivity index (χ1v) is 14.2. The van der Waals surface area contributed by atoms with Crippen LogP contribution < -0.4 is 14.8 Å². The second-order valence-corrected chi connectivity index (χ2v) is 11.2. The predicted octanol–water partition coefficient (Wildman–Crippen LogP) is 3.00. The van der Waals surface area contributed by atoms with E-state index in [2.05, 4.69) is 22.2 Å². The van der Waals surface area contributed by atoms with Crippen molar-refractivity contribution >= 4 is 41.4 Å².